The molecule has 0 aromatic heterocycles. The Labute approximate surface area is 94.7 Å². The molecule has 0 amide bonds. The van der Waals surface area contributed by atoms with E-state index >= 15 is 0 Å². The molecule has 1 aromatic rings. The van der Waals surface area contributed by atoms with Crippen molar-refractivity contribution >= 4 is 0 Å². The van der Waals surface area contributed by atoms with Crippen molar-refractivity contribution in [1.82, 2.24) is 0 Å². The fraction of sp³-hybridized carbons (Fsp3) is 0.308. The van der Waals surface area contributed by atoms with Crippen LogP contribution in [0.1, 0.15) is 25.0 Å². The second-order valence-corrected chi connectivity index (χ2v) is 3.87. The Morgan fingerprint density at radius 3 is 2.75 bits per heavy atom. The summed E-state index contributed by atoms with van der Waals surface area (Å²) in [6, 6.07) is 6.06. The van der Waals surface area contributed by atoms with E-state index in [0.29, 0.717) is 0 Å². The minimum Gasteiger partial charge on any atom is -0.358 e. The first-order valence-corrected chi connectivity index (χ1v) is 4.79. The molecule has 16 heavy (non-hydrogen) atoms. The van der Waals surface area contributed by atoms with E-state index in [1.807, 2.05) is 0 Å². The standard InChI is InChI=1S/C13H12FNO/c1-4-13(2,3)16-9-10-5-6-12(14)11(7-10)8-15/h1,5-7H,9H2,2-3H3. The summed E-state index contributed by atoms with van der Waals surface area (Å²) in [7, 11) is 0. The van der Waals surface area contributed by atoms with Crippen molar-refractivity contribution in [3.8, 4) is 18.4 Å². The van der Waals surface area contributed by atoms with Gasteiger partial charge in [-0.3, -0.25) is 0 Å². The maximum absolute atomic E-state index is 13.0. The molecule has 0 spiro atoms. The molecule has 0 bridgehead atoms. The monoisotopic (exact) mass is 217 g/mol. The summed E-state index contributed by atoms with van der Waals surface area (Å²) < 4.78 is 18.5. The Kier molecular flexibility index (Phi) is 3.66. The minimum atomic E-state index is -0.665. The fourth-order valence-electron chi connectivity index (χ4n) is 1.05. The number of nitrogens with zero attached hydrogens (tertiary/aromatic N) is 1. The summed E-state index contributed by atoms with van der Waals surface area (Å²) in [5.41, 5.74) is 0.0715. The highest BCUT2D eigenvalue weighted by Gasteiger charge is 2.14. The number of hydrogen-bond acceptors (Lipinski definition) is 2. The van der Waals surface area contributed by atoms with E-state index in [9.17, 15) is 4.39 Å². The van der Waals surface area contributed by atoms with Crippen molar-refractivity contribution in [3.05, 3.63) is 35.1 Å². The molecule has 0 radical (unpaired) electrons. The summed E-state index contributed by atoms with van der Waals surface area (Å²) in [5.74, 6) is 1.96. The van der Waals surface area contributed by atoms with E-state index in [4.69, 9.17) is 16.4 Å². The number of nitriles is 1. The molecule has 1 rings (SSSR count). The lowest BCUT2D eigenvalue weighted by Crippen LogP contribution is -2.21. The molecule has 0 atom stereocenters. The van der Waals surface area contributed by atoms with Crippen molar-refractivity contribution in [2.45, 2.75) is 26.1 Å². The normalized spacial score (nSPS) is 10.6. The molecule has 0 saturated heterocycles. The molecule has 0 aliphatic heterocycles. The van der Waals surface area contributed by atoms with Gasteiger partial charge in [0.1, 0.15) is 17.5 Å². The van der Waals surface area contributed by atoms with Gasteiger partial charge < -0.3 is 4.74 Å². The minimum absolute atomic E-state index is 0.0135. The molecule has 1 aromatic carbocycles. The number of halogens is 1. The molecule has 0 heterocycles. The second kappa shape index (κ2) is 4.79. The number of ether oxygens (including phenoxy) is 1. The van der Waals surface area contributed by atoms with Crippen molar-refractivity contribution in [1.29, 1.82) is 5.26 Å². The van der Waals surface area contributed by atoms with Crippen LogP contribution in [-0.2, 0) is 11.3 Å². The molecule has 0 N–H and O–H groups in total. The van der Waals surface area contributed by atoms with E-state index < -0.39 is 11.4 Å². The van der Waals surface area contributed by atoms with Crippen LogP contribution in [0.4, 0.5) is 4.39 Å². The molecule has 0 fully saturated rings. The molecular formula is C13H12FNO. The Balaban J connectivity index is 2.78. The Bertz CT molecular complexity index is 466. The van der Waals surface area contributed by atoms with Gasteiger partial charge in [-0.1, -0.05) is 12.0 Å². The van der Waals surface area contributed by atoms with Crippen LogP contribution in [0.5, 0.6) is 0 Å². The van der Waals surface area contributed by atoms with Gasteiger partial charge in [0.05, 0.1) is 12.2 Å². The van der Waals surface area contributed by atoms with Crippen LogP contribution in [0.2, 0.25) is 0 Å². The first kappa shape index (κ1) is 12.2. The van der Waals surface area contributed by atoms with Crippen LogP contribution in [0.3, 0.4) is 0 Å². The average Bonchev–Trinajstić information content (AvgIpc) is 2.28. The first-order valence-electron chi connectivity index (χ1n) is 4.79. The lowest BCUT2D eigenvalue weighted by molar-refractivity contribution is 0.0145. The van der Waals surface area contributed by atoms with E-state index in [-0.39, 0.29) is 12.2 Å². The highest BCUT2D eigenvalue weighted by atomic mass is 19.1. The number of terminal acetylenes is 1. The molecular weight excluding hydrogens is 205 g/mol. The van der Waals surface area contributed by atoms with Crippen LogP contribution in [-0.4, -0.2) is 5.60 Å². The summed E-state index contributed by atoms with van der Waals surface area (Å²) in [5, 5.41) is 8.65. The van der Waals surface area contributed by atoms with Gasteiger partial charge in [0, 0.05) is 0 Å². The van der Waals surface area contributed by atoms with Gasteiger partial charge in [0.15, 0.2) is 0 Å². The van der Waals surface area contributed by atoms with Crippen LogP contribution in [0.25, 0.3) is 0 Å². The van der Waals surface area contributed by atoms with Gasteiger partial charge in [0.2, 0.25) is 0 Å². The largest absolute Gasteiger partial charge is 0.358 e. The topological polar surface area (TPSA) is 33.0 Å². The Hall–Kier alpha value is -1.84. The zero-order valence-corrected chi connectivity index (χ0v) is 9.25. The highest BCUT2D eigenvalue weighted by molar-refractivity contribution is 5.34. The molecule has 0 saturated carbocycles. The third-order valence-corrected chi connectivity index (χ3v) is 2.10. The molecule has 0 unspecified atom stereocenters. The number of benzene rings is 1. The van der Waals surface area contributed by atoms with Gasteiger partial charge >= 0.3 is 0 Å². The van der Waals surface area contributed by atoms with Crippen LogP contribution in [0.15, 0.2) is 18.2 Å². The summed E-state index contributed by atoms with van der Waals surface area (Å²) in [4.78, 5) is 0. The zero-order chi connectivity index (χ0) is 12.2. The van der Waals surface area contributed by atoms with Gasteiger partial charge in [-0.15, -0.1) is 6.42 Å². The smallest absolute Gasteiger partial charge is 0.140 e. The average molecular weight is 217 g/mol. The Morgan fingerprint density at radius 1 is 1.50 bits per heavy atom. The SMILES string of the molecule is C#CC(C)(C)OCc1ccc(F)c(C#N)c1. The van der Waals surface area contributed by atoms with Crippen LogP contribution < -0.4 is 0 Å². The third kappa shape index (κ3) is 3.08. The van der Waals surface area contributed by atoms with Crippen molar-refractivity contribution in [3.63, 3.8) is 0 Å². The molecule has 0 aliphatic rings. The molecule has 0 aliphatic carbocycles. The maximum Gasteiger partial charge on any atom is 0.140 e. The predicted molar refractivity (Wildman–Crippen MR) is 58.8 cm³/mol. The van der Waals surface area contributed by atoms with E-state index in [1.54, 1.807) is 26.0 Å². The van der Waals surface area contributed by atoms with Crippen LogP contribution >= 0.6 is 0 Å². The summed E-state index contributed by atoms with van der Waals surface area (Å²) >= 11 is 0. The van der Waals surface area contributed by atoms with E-state index in [0.717, 1.165) is 5.56 Å². The molecule has 2 nitrogen and oxygen atoms in total. The van der Waals surface area contributed by atoms with Gasteiger partial charge in [-0.2, -0.15) is 5.26 Å². The molecule has 82 valence electrons. The lowest BCUT2D eigenvalue weighted by Gasteiger charge is -2.18. The number of rotatable bonds is 3. The van der Waals surface area contributed by atoms with Crippen molar-refractivity contribution in [2.75, 3.05) is 0 Å². The third-order valence-electron chi connectivity index (χ3n) is 2.10. The van der Waals surface area contributed by atoms with Gasteiger partial charge in [-0.25, -0.2) is 4.39 Å². The predicted octanol–water partition coefficient (Wildman–Crippen LogP) is 2.63. The second-order valence-electron chi connectivity index (χ2n) is 3.87. The van der Waals surface area contributed by atoms with E-state index in [2.05, 4.69) is 5.92 Å². The van der Waals surface area contributed by atoms with Gasteiger partial charge in [-0.05, 0) is 31.5 Å². The first-order chi connectivity index (χ1) is 7.48. The van der Waals surface area contributed by atoms with Crippen molar-refractivity contribution in [2.24, 2.45) is 0 Å². The van der Waals surface area contributed by atoms with Crippen molar-refractivity contribution < 1.29 is 9.13 Å². The fourth-order valence-corrected chi connectivity index (χ4v) is 1.05. The quantitative estimate of drug-likeness (QED) is 0.729. The lowest BCUT2D eigenvalue weighted by atomic mass is 10.1. The van der Waals surface area contributed by atoms with Crippen LogP contribution in [0, 0.1) is 29.5 Å². The summed E-state index contributed by atoms with van der Waals surface area (Å²) in [6.45, 7) is 3.79. The summed E-state index contributed by atoms with van der Waals surface area (Å²) in [6.07, 6.45) is 5.26. The molecule has 3 heteroatoms. The maximum atomic E-state index is 13.0. The Morgan fingerprint density at radius 2 is 2.19 bits per heavy atom. The zero-order valence-electron chi connectivity index (χ0n) is 9.25. The van der Waals surface area contributed by atoms with E-state index in [1.165, 1.54) is 12.1 Å². The number of hydrogen-bond donors (Lipinski definition) is 0. The highest BCUT2D eigenvalue weighted by Crippen LogP contribution is 2.14. The van der Waals surface area contributed by atoms with Gasteiger partial charge in [0.25, 0.3) is 0 Å².